The summed E-state index contributed by atoms with van der Waals surface area (Å²) < 4.78 is 34.3. The summed E-state index contributed by atoms with van der Waals surface area (Å²) in [5, 5.41) is 3.16. The number of ether oxygens (including phenoxy) is 1. The van der Waals surface area contributed by atoms with E-state index in [0.29, 0.717) is 30.9 Å². The van der Waals surface area contributed by atoms with Gasteiger partial charge in [-0.2, -0.15) is 4.31 Å². The molecular formula is C24H30N2O4S. The molecule has 1 unspecified atom stereocenters. The average Bonchev–Trinajstić information content (AvgIpc) is 2.81. The van der Waals surface area contributed by atoms with E-state index in [-0.39, 0.29) is 29.3 Å². The van der Waals surface area contributed by atoms with Gasteiger partial charge in [-0.15, -0.1) is 0 Å². The Labute approximate surface area is 184 Å². The molecule has 7 heteroatoms. The van der Waals surface area contributed by atoms with Crippen molar-refractivity contribution in [2.75, 3.05) is 13.1 Å². The van der Waals surface area contributed by atoms with Gasteiger partial charge in [-0.25, -0.2) is 8.42 Å². The Morgan fingerprint density at radius 2 is 1.61 bits per heavy atom. The topological polar surface area (TPSA) is 75.7 Å². The van der Waals surface area contributed by atoms with Crippen molar-refractivity contribution >= 4 is 15.9 Å². The molecule has 0 spiro atoms. The fraction of sp³-hybridized carbons (Fsp3) is 0.458. The Hall–Kier alpha value is -2.38. The highest BCUT2D eigenvalue weighted by molar-refractivity contribution is 7.89. The molecule has 0 bridgehead atoms. The number of hydrogen-bond donors (Lipinski definition) is 1. The lowest BCUT2D eigenvalue weighted by Crippen LogP contribution is -2.47. The number of carbonyl (C=O) groups is 1. The zero-order chi connectivity index (χ0) is 21.7. The molecule has 166 valence electrons. The molecule has 0 aromatic heterocycles. The fourth-order valence-corrected chi connectivity index (χ4v) is 6.08. The molecule has 1 saturated carbocycles. The van der Waals surface area contributed by atoms with Crippen LogP contribution in [0.25, 0.3) is 0 Å². The van der Waals surface area contributed by atoms with Crippen LogP contribution in [0.5, 0.6) is 11.5 Å². The van der Waals surface area contributed by atoms with Gasteiger partial charge in [-0.1, -0.05) is 49.6 Å². The van der Waals surface area contributed by atoms with Gasteiger partial charge in [0.2, 0.25) is 15.9 Å². The van der Waals surface area contributed by atoms with Crippen LogP contribution < -0.4 is 10.1 Å². The van der Waals surface area contributed by atoms with Crippen LogP contribution in [0.4, 0.5) is 0 Å². The molecule has 0 radical (unpaired) electrons. The summed E-state index contributed by atoms with van der Waals surface area (Å²) in [7, 11) is -3.78. The van der Waals surface area contributed by atoms with Crippen LogP contribution >= 0.6 is 0 Å². The minimum Gasteiger partial charge on any atom is -0.456 e. The van der Waals surface area contributed by atoms with Crippen molar-refractivity contribution in [3.05, 3.63) is 54.6 Å². The van der Waals surface area contributed by atoms with E-state index in [2.05, 4.69) is 5.32 Å². The van der Waals surface area contributed by atoms with Crippen LogP contribution in [0.2, 0.25) is 0 Å². The summed E-state index contributed by atoms with van der Waals surface area (Å²) in [6.45, 7) is 0.621. The number of hydrogen-bond acceptors (Lipinski definition) is 4. The number of rotatable bonds is 6. The molecule has 4 rings (SSSR count). The minimum absolute atomic E-state index is 0.0133. The molecule has 1 N–H and O–H groups in total. The molecule has 1 atom stereocenters. The smallest absolute Gasteiger partial charge is 0.246 e. The van der Waals surface area contributed by atoms with Gasteiger partial charge in [-0.05, 0) is 49.9 Å². The van der Waals surface area contributed by atoms with Crippen molar-refractivity contribution in [3.63, 3.8) is 0 Å². The van der Waals surface area contributed by atoms with Gasteiger partial charge in [0.15, 0.2) is 0 Å². The van der Waals surface area contributed by atoms with Crippen molar-refractivity contribution in [3.8, 4) is 11.5 Å². The molecule has 1 saturated heterocycles. The lowest BCUT2D eigenvalue weighted by Gasteiger charge is -2.33. The summed E-state index contributed by atoms with van der Waals surface area (Å²) in [4.78, 5) is 13.0. The lowest BCUT2D eigenvalue weighted by molar-refractivity contribution is -0.127. The van der Waals surface area contributed by atoms with Crippen LogP contribution in [-0.2, 0) is 14.8 Å². The second-order valence-corrected chi connectivity index (χ2v) is 10.3. The predicted molar refractivity (Wildman–Crippen MR) is 119 cm³/mol. The number of amides is 1. The summed E-state index contributed by atoms with van der Waals surface area (Å²) in [6.07, 6.45) is 6.95. The first kappa shape index (κ1) is 21.8. The second-order valence-electron chi connectivity index (χ2n) is 8.41. The summed E-state index contributed by atoms with van der Waals surface area (Å²) in [5.41, 5.74) is 0. The Bertz CT molecular complexity index is 988. The largest absolute Gasteiger partial charge is 0.456 e. The first-order valence-electron chi connectivity index (χ1n) is 11.2. The van der Waals surface area contributed by atoms with Crippen LogP contribution in [0.15, 0.2) is 59.5 Å². The highest BCUT2D eigenvalue weighted by Gasteiger charge is 2.35. The van der Waals surface area contributed by atoms with Crippen molar-refractivity contribution in [1.29, 1.82) is 0 Å². The number of sulfonamides is 1. The first-order valence-corrected chi connectivity index (χ1v) is 12.6. The molecule has 6 nitrogen and oxygen atoms in total. The maximum atomic E-state index is 13.5. The van der Waals surface area contributed by atoms with E-state index in [0.717, 1.165) is 25.7 Å². The number of carbonyl (C=O) groups excluding carboxylic acids is 1. The second kappa shape index (κ2) is 9.83. The number of para-hydroxylation sites is 2. The zero-order valence-corrected chi connectivity index (χ0v) is 18.5. The van der Waals surface area contributed by atoms with Crippen molar-refractivity contribution < 1.29 is 17.9 Å². The van der Waals surface area contributed by atoms with E-state index in [1.165, 1.54) is 10.7 Å². The van der Waals surface area contributed by atoms with Gasteiger partial charge in [-0.3, -0.25) is 4.79 Å². The minimum atomic E-state index is -3.78. The summed E-state index contributed by atoms with van der Waals surface area (Å²) in [6, 6.07) is 16.0. The summed E-state index contributed by atoms with van der Waals surface area (Å²) in [5.74, 6) is 0.546. The molecule has 1 aliphatic carbocycles. The first-order chi connectivity index (χ1) is 15.0. The normalized spacial score (nSPS) is 20.8. The van der Waals surface area contributed by atoms with Crippen LogP contribution in [-0.4, -0.2) is 37.8 Å². The van der Waals surface area contributed by atoms with Gasteiger partial charge < -0.3 is 10.1 Å². The number of piperidine rings is 1. The number of nitrogens with zero attached hydrogens (tertiary/aromatic N) is 1. The van der Waals surface area contributed by atoms with E-state index in [4.69, 9.17) is 4.74 Å². The maximum absolute atomic E-state index is 13.5. The van der Waals surface area contributed by atoms with Gasteiger partial charge >= 0.3 is 0 Å². The van der Waals surface area contributed by atoms with E-state index in [1.54, 1.807) is 36.4 Å². The molecule has 1 heterocycles. The molecule has 1 amide bonds. The molecule has 31 heavy (non-hydrogen) atoms. The van der Waals surface area contributed by atoms with Crippen molar-refractivity contribution in [2.24, 2.45) is 5.92 Å². The summed E-state index contributed by atoms with van der Waals surface area (Å²) >= 11 is 0. The standard InChI is InChI=1S/C24H30N2O4S/c27-24(25-20-11-3-1-4-12-20)19-10-9-17-26(18-19)31(28,29)23-16-8-7-15-22(23)30-21-13-5-2-6-14-21/h2,5-8,13-16,19-20H,1,3-4,9-12,17-18H2,(H,25,27). The van der Waals surface area contributed by atoms with Crippen molar-refractivity contribution in [1.82, 2.24) is 9.62 Å². The third-order valence-electron chi connectivity index (χ3n) is 6.14. The van der Waals surface area contributed by atoms with E-state index < -0.39 is 10.0 Å². The SMILES string of the molecule is O=C(NC1CCCCC1)C1CCCN(S(=O)(=O)c2ccccc2Oc2ccccc2)C1. The fourth-order valence-electron chi connectivity index (χ4n) is 4.44. The highest BCUT2D eigenvalue weighted by atomic mass is 32.2. The molecule has 1 aliphatic heterocycles. The van der Waals surface area contributed by atoms with Gasteiger partial charge in [0.25, 0.3) is 0 Å². The third-order valence-corrected chi connectivity index (χ3v) is 8.05. The number of benzene rings is 2. The molecule has 2 aliphatic rings. The Balaban J connectivity index is 1.49. The highest BCUT2D eigenvalue weighted by Crippen LogP contribution is 2.32. The van der Waals surface area contributed by atoms with E-state index >= 15 is 0 Å². The monoisotopic (exact) mass is 442 g/mol. The predicted octanol–water partition coefficient (Wildman–Crippen LogP) is 4.33. The van der Waals surface area contributed by atoms with Crippen LogP contribution in [0.1, 0.15) is 44.9 Å². The Morgan fingerprint density at radius 3 is 2.39 bits per heavy atom. The van der Waals surface area contributed by atoms with Crippen molar-refractivity contribution in [2.45, 2.75) is 55.9 Å². The van der Waals surface area contributed by atoms with E-state index in [9.17, 15) is 13.2 Å². The lowest BCUT2D eigenvalue weighted by atomic mass is 9.93. The molecule has 2 fully saturated rings. The quantitative estimate of drug-likeness (QED) is 0.723. The van der Waals surface area contributed by atoms with Gasteiger partial charge in [0.05, 0.1) is 5.92 Å². The van der Waals surface area contributed by atoms with Crippen LogP contribution in [0, 0.1) is 5.92 Å². The molecule has 2 aromatic rings. The Kier molecular flexibility index (Phi) is 6.92. The van der Waals surface area contributed by atoms with Crippen LogP contribution in [0.3, 0.4) is 0 Å². The molecular weight excluding hydrogens is 412 g/mol. The van der Waals surface area contributed by atoms with E-state index in [1.807, 2.05) is 18.2 Å². The number of nitrogens with one attached hydrogen (secondary N) is 1. The third kappa shape index (κ3) is 5.28. The maximum Gasteiger partial charge on any atom is 0.246 e. The zero-order valence-electron chi connectivity index (χ0n) is 17.7. The van der Waals surface area contributed by atoms with Gasteiger partial charge in [0, 0.05) is 19.1 Å². The molecule has 2 aromatic carbocycles. The Morgan fingerprint density at radius 1 is 0.903 bits per heavy atom. The van der Waals surface area contributed by atoms with Gasteiger partial charge in [0.1, 0.15) is 16.4 Å². The average molecular weight is 443 g/mol.